The van der Waals surface area contributed by atoms with E-state index in [0.717, 1.165) is 30.0 Å². The van der Waals surface area contributed by atoms with Crippen molar-refractivity contribution in [3.8, 4) is 0 Å². The van der Waals surface area contributed by atoms with Crippen molar-refractivity contribution < 1.29 is 0 Å². The Bertz CT molecular complexity index is 536. The lowest BCUT2D eigenvalue weighted by molar-refractivity contribution is 0.515. The highest BCUT2D eigenvalue weighted by Gasteiger charge is 2.14. The summed E-state index contributed by atoms with van der Waals surface area (Å²) in [6.45, 7) is 5.15. The van der Waals surface area contributed by atoms with E-state index in [9.17, 15) is 0 Å². The number of rotatable bonds is 6. The molecule has 0 aromatic heterocycles. The minimum Gasteiger partial charge on any atom is -0.310 e. The molecule has 0 amide bonds. The Hall–Kier alpha value is -1.31. The maximum atomic E-state index is 6.47. The van der Waals surface area contributed by atoms with Crippen LogP contribution in [0.1, 0.15) is 36.1 Å². The van der Waals surface area contributed by atoms with Gasteiger partial charge in [-0.15, -0.1) is 0 Å². The summed E-state index contributed by atoms with van der Waals surface area (Å²) in [5, 5.41) is 4.45. The topological polar surface area (TPSA) is 12.0 Å². The molecule has 1 unspecified atom stereocenters. The van der Waals surface area contributed by atoms with E-state index >= 15 is 0 Å². The highest BCUT2D eigenvalue weighted by atomic mass is 35.5. The van der Waals surface area contributed by atoms with E-state index in [1.165, 1.54) is 11.1 Å². The molecule has 0 aliphatic carbocycles. The first-order chi connectivity index (χ1) is 9.72. The van der Waals surface area contributed by atoms with Crippen LogP contribution in [-0.4, -0.2) is 6.54 Å². The Morgan fingerprint density at radius 3 is 2.50 bits per heavy atom. The monoisotopic (exact) mass is 287 g/mol. The summed E-state index contributed by atoms with van der Waals surface area (Å²) in [4.78, 5) is 0. The van der Waals surface area contributed by atoms with Gasteiger partial charge in [-0.25, -0.2) is 0 Å². The molecule has 1 nitrogen and oxygen atoms in total. The van der Waals surface area contributed by atoms with Gasteiger partial charge in [0, 0.05) is 11.1 Å². The third kappa shape index (κ3) is 3.84. The van der Waals surface area contributed by atoms with Crippen LogP contribution in [0.25, 0.3) is 0 Å². The van der Waals surface area contributed by atoms with Crippen molar-refractivity contribution in [3.63, 3.8) is 0 Å². The maximum Gasteiger partial charge on any atom is 0.0482 e. The zero-order chi connectivity index (χ0) is 14.4. The van der Waals surface area contributed by atoms with Gasteiger partial charge >= 0.3 is 0 Å². The molecule has 1 N–H and O–H groups in total. The van der Waals surface area contributed by atoms with Crippen molar-refractivity contribution in [3.05, 3.63) is 70.2 Å². The molecular formula is C18H22ClN. The second-order valence-corrected chi connectivity index (χ2v) is 5.49. The zero-order valence-electron chi connectivity index (χ0n) is 12.2. The lowest BCUT2D eigenvalue weighted by Crippen LogP contribution is -2.22. The van der Waals surface area contributed by atoms with Gasteiger partial charge in [-0.2, -0.15) is 0 Å². The molecule has 20 heavy (non-hydrogen) atoms. The van der Waals surface area contributed by atoms with Crippen LogP contribution in [0.5, 0.6) is 0 Å². The maximum absolute atomic E-state index is 6.47. The van der Waals surface area contributed by atoms with Crippen molar-refractivity contribution in [2.24, 2.45) is 0 Å². The van der Waals surface area contributed by atoms with Crippen molar-refractivity contribution >= 4 is 11.6 Å². The Morgan fingerprint density at radius 2 is 1.80 bits per heavy atom. The van der Waals surface area contributed by atoms with Gasteiger partial charge in [0.2, 0.25) is 0 Å². The molecule has 0 saturated heterocycles. The Labute approximate surface area is 127 Å². The molecule has 0 fully saturated rings. The number of aryl methyl sites for hydroxylation is 2. The summed E-state index contributed by atoms with van der Waals surface area (Å²) in [7, 11) is 0. The first-order valence-electron chi connectivity index (χ1n) is 7.24. The molecule has 0 spiro atoms. The average Bonchev–Trinajstić information content (AvgIpc) is 2.48. The smallest absolute Gasteiger partial charge is 0.0482 e. The van der Waals surface area contributed by atoms with Crippen LogP contribution in [0, 0.1) is 6.92 Å². The van der Waals surface area contributed by atoms with E-state index in [0.29, 0.717) is 6.04 Å². The molecule has 106 valence electrons. The number of halogens is 1. The van der Waals surface area contributed by atoms with Crippen LogP contribution in [0.3, 0.4) is 0 Å². The first kappa shape index (κ1) is 15.1. The summed E-state index contributed by atoms with van der Waals surface area (Å²) < 4.78 is 0. The minimum absolute atomic E-state index is 0.313. The summed E-state index contributed by atoms with van der Waals surface area (Å²) in [6.07, 6.45) is 2.11. The standard InChI is InChI=1S/C18H22ClN/c1-3-20-17(13-12-15-9-5-4-6-10-15)16-11-7-8-14(2)18(16)19/h4-11,17,20H,3,12-13H2,1-2H3. The van der Waals surface area contributed by atoms with Crippen molar-refractivity contribution in [1.29, 1.82) is 0 Å². The molecule has 0 aliphatic heterocycles. The van der Waals surface area contributed by atoms with Gasteiger partial charge in [0.15, 0.2) is 0 Å². The Morgan fingerprint density at radius 1 is 1.05 bits per heavy atom. The molecule has 2 heteroatoms. The van der Waals surface area contributed by atoms with E-state index in [2.05, 4.69) is 67.7 Å². The molecule has 1 atom stereocenters. The predicted molar refractivity (Wildman–Crippen MR) is 87.4 cm³/mol. The summed E-state index contributed by atoms with van der Waals surface area (Å²) in [5.41, 5.74) is 3.73. The predicted octanol–water partition coefficient (Wildman–Crippen LogP) is 4.93. The highest BCUT2D eigenvalue weighted by Crippen LogP contribution is 2.28. The van der Waals surface area contributed by atoms with Crippen LogP contribution in [-0.2, 0) is 6.42 Å². The van der Waals surface area contributed by atoms with Crippen LogP contribution in [0.2, 0.25) is 5.02 Å². The zero-order valence-corrected chi connectivity index (χ0v) is 13.0. The molecule has 0 bridgehead atoms. The van der Waals surface area contributed by atoms with Crippen LogP contribution in [0.4, 0.5) is 0 Å². The van der Waals surface area contributed by atoms with Crippen LogP contribution in [0.15, 0.2) is 48.5 Å². The fraction of sp³-hybridized carbons (Fsp3) is 0.333. The highest BCUT2D eigenvalue weighted by molar-refractivity contribution is 6.32. The average molecular weight is 288 g/mol. The quantitative estimate of drug-likeness (QED) is 0.794. The van der Waals surface area contributed by atoms with Gasteiger partial charge in [0.05, 0.1) is 0 Å². The molecule has 0 radical (unpaired) electrons. The van der Waals surface area contributed by atoms with Gasteiger partial charge < -0.3 is 5.32 Å². The summed E-state index contributed by atoms with van der Waals surface area (Å²) >= 11 is 6.47. The summed E-state index contributed by atoms with van der Waals surface area (Å²) in [5.74, 6) is 0. The summed E-state index contributed by atoms with van der Waals surface area (Å²) in [6, 6.07) is 17.2. The molecule has 2 aromatic carbocycles. The van der Waals surface area contributed by atoms with E-state index in [-0.39, 0.29) is 0 Å². The van der Waals surface area contributed by atoms with E-state index in [4.69, 9.17) is 11.6 Å². The van der Waals surface area contributed by atoms with Crippen molar-refractivity contribution in [2.45, 2.75) is 32.7 Å². The second kappa shape index (κ2) is 7.47. The van der Waals surface area contributed by atoms with Gasteiger partial charge in [-0.3, -0.25) is 0 Å². The number of hydrogen-bond donors (Lipinski definition) is 1. The lowest BCUT2D eigenvalue weighted by atomic mass is 9.97. The van der Waals surface area contributed by atoms with E-state index in [1.54, 1.807) is 0 Å². The van der Waals surface area contributed by atoms with E-state index < -0.39 is 0 Å². The van der Waals surface area contributed by atoms with Crippen molar-refractivity contribution in [2.75, 3.05) is 6.54 Å². The SMILES string of the molecule is CCNC(CCc1ccccc1)c1cccc(C)c1Cl. The number of nitrogens with one attached hydrogen (secondary N) is 1. The van der Waals surface area contributed by atoms with Crippen molar-refractivity contribution in [1.82, 2.24) is 5.32 Å². The normalized spacial score (nSPS) is 12.3. The molecule has 0 saturated carbocycles. The van der Waals surface area contributed by atoms with E-state index in [1.807, 2.05) is 0 Å². The van der Waals surface area contributed by atoms with Crippen LogP contribution < -0.4 is 5.32 Å². The van der Waals surface area contributed by atoms with Crippen LogP contribution >= 0.6 is 11.6 Å². The third-order valence-electron chi connectivity index (χ3n) is 3.61. The van der Waals surface area contributed by atoms with Gasteiger partial charge in [-0.1, -0.05) is 67.1 Å². The van der Waals surface area contributed by atoms with Gasteiger partial charge in [-0.05, 0) is 43.0 Å². The lowest BCUT2D eigenvalue weighted by Gasteiger charge is -2.20. The fourth-order valence-electron chi connectivity index (χ4n) is 2.51. The molecule has 2 rings (SSSR count). The fourth-order valence-corrected chi connectivity index (χ4v) is 2.77. The number of benzene rings is 2. The third-order valence-corrected chi connectivity index (χ3v) is 4.13. The molecule has 2 aromatic rings. The first-order valence-corrected chi connectivity index (χ1v) is 7.62. The second-order valence-electron chi connectivity index (χ2n) is 5.11. The molecular weight excluding hydrogens is 266 g/mol. The van der Waals surface area contributed by atoms with Gasteiger partial charge in [0.1, 0.15) is 0 Å². The largest absolute Gasteiger partial charge is 0.310 e. The Kier molecular flexibility index (Phi) is 5.63. The van der Waals surface area contributed by atoms with Gasteiger partial charge in [0.25, 0.3) is 0 Å². The Balaban J connectivity index is 2.12. The minimum atomic E-state index is 0.313. The molecule has 0 aliphatic rings. The molecule has 0 heterocycles. The number of hydrogen-bond acceptors (Lipinski definition) is 1.